The van der Waals surface area contributed by atoms with Crippen molar-refractivity contribution in [3.05, 3.63) is 71.6 Å². The molecule has 3 heterocycles. The van der Waals surface area contributed by atoms with Gasteiger partial charge in [0, 0.05) is 55.4 Å². The fourth-order valence-corrected chi connectivity index (χ4v) is 3.18. The van der Waals surface area contributed by atoms with Gasteiger partial charge in [-0.1, -0.05) is 23.7 Å². The van der Waals surface area contributed by atoms with Crippen LogP contribution in [0.2, 0.25) is 5.02 Å². The predicted octanol–water partition coefficient (Wildman–Crippen LogP) is 3.15. The molecule has 27 heavy (non-hydrogen) atoms. The Morgan fingerprint density at radius 2 is 1.59 bits per heavy atom. The maximum atomic E-state index is 12.8. The highest BCUT2D eigenvalue weighted by atomic mass is 35.5. The lowest BCUT2D eigenvalue weighted by atomic mass is 10.1. The van der Waals surface area contributed by atoms with Gasteiger partial charge >= 0.3 is 0 Å². The Bertz CT molecular complexity index is 907. The first-order valence-electron chi connectivity index (χ1n) is 8.74. The monoisotopic (exact) mass is 379 g/mol. The van der Waals surface area contributed by atoms with Crippen LogP contribution in [-0.2, 0) is 0 Å². The smallest absolute Gasteiger partial charge is 0.255 e. The summed E-state index contributed by atoms with van der Waals surface area (Å²) in [7, 11) is 0. The molecule has 3 aromatic rings. The lowest BCUT2D eigenvalue weighted by Crippen LogP contribution is -2.49. The minimum atomic E-state index is -0.00112. The minimum Gasteiger partial charge on any atom is -0.337 e. The summed E-state index contributed by atoms with van der Waals surface area (Å²) >= 11 is 5.92. The average Bonchev–Trinajstić information content (AvgIpc) is 2.75. The molecule has 1 aliphatic rings. The summed E-state index contributed by atoms with van der Waals surface area (Å²) in [6.07, 6.45) is 5.10. The van der Waals surface area contributed by atoms with E-state index >= 15 is 0 Å². The van der Waals surface area contributed by atoms with Crippen molar-refractivity contribution < 1.29 is 4.79 Å². The SMILES string of the molecule is O=C(c1ccc(-c2ccc(Cl)cc2)nc1)N1CCN(c2ncccn2)CC1. The first-order chi connectivity index (χ1) is 13.2. The van der Waals surface area contributed by atoms with Gasteiger partial charge in [0.05, 0.1) is 11.3 Å². The van der Waals surface area contributed by atoms with Crippen LogP contribution in [-0.4, -0.2) is 51.9 Å². The first kappa shape index (κ1) is 17.4. The van der Waals surface area contributed by atoms with Crippen molar-refractivity contribution in [3.63, 3.8) is 0 Å². The number of rotatable bonds is 3. The van der Waals surface area contributed by atoms with Crippen LogP contribution < -0.4 is 4.90 Å². The van der Waals surface area contributed by atoms with Crippen molar-refractivity contribution >= 4 is 23.5 Å². The van der Waals surface area contributed by atoms with E-state index in [9.17, 15) is 4.79 Å². The Kier molecular flexibility index (Phi) is 4.98. The van der Waals surface area contributed by atoms with Crippen molar-refractivity contribution in [2.45, 2.75) is 0 Å². The molecule has 0 N–H and O–H groups in total. The molecule has 1 fully saturated rings. The summed E-state index contributed by atoms with van der Waals surface area (Å²) in [6.45, 7) is 2.70. The third-order valence-electron chi connectivity index (χ3n) is 4.55. The molecular weight excluding hydrogens is 362 g/mol. The van der Waals surface area contributed by atoms with Crippen molar-refractivity contribution in [1.29, 1.82) is 0 Å². The van der Waals surface area contributed by atoms with Crippen molar-refractivity contribution in [1.82, 2.24) is 19.9 Å². The summed E-state index contributed by atoms with van der Waals surface area (Å²) in [5, 5.41) is 0.686. The van der Waals surface area contributed by atoms with E-state index in [1.807, 2.05) is 41.3 Å². The van der Waals surface area contributed by atoms with Crippen LogP contribution in [0.3, 0.4) is 0 Å². The first-order valence-corrected chi connectivity index (χ1v) is 9.12. The standard InChI is InChI=1S/C20H18ClN5O/c21-17-5-2-15(3-6-17)18-7-4-16(14-24-18)19(27)25-10-12-26(13-11-25)20-22-8-1-9-23-20/h1-9,14H,10-13H2. The molecule has 0 spiro atoms. The van der Waals surface area contributed by atoms with E-state index in [2.05, 4.69) is 19.9 Å². The maximum absolute atomic E-state index is 12.8. The third kappa shape index (κ3) is 3.90. The molecule has 0 bridgehead atoms. The molecular formula is C20H18ClN5O. The molecule has 0 saturated carbocycles. The molecule has 0 aliphatic carbocycles. The Morgan fingerprint density at radius 3 is 2.22 bits per heavy atom. The van der Waals surface area contributed by atoms with E-state index in [-0.39, 0.29) is 5.91 Å². The number of carbonyl (C=O) groups excluding carboxylic acids is 1. The highest BCUT2D eigenvalue weighted by molar-refractivity contribution is 6.30. The molecule has 2 aromatic heterocycles. The van der Waals surface area contributed by atoms with Gasteiger partial charge < -0.3 is 9.80 Å². The summed E-state index contributed by atoms with van der Waals surface area (Å²) < 4.78 is 0. The molecule has 7 heteroatoms. The highest BCUT2D eigenvalue weighted by Crippen LogP contribution is 2.20. The van der Waals surface area contributed by atoms with E-state index < -0.39 is 0 Å². The Hall–Kier alpha value is -2.99. The Morgan fingerprint density at radius 1 is 0.889 bits per heavy atom. The normalized spacial score (nSPS) is 14.3. The molecule has 1 saturated heterocycles. The molecule has 0 unspecified atom stereocenters. The molecule has 1 aromatic carbocycles. The summed E-state index contributed by atoms with van der Waals surface area (Å²) in [5.74, 6) is 0.706. The zero-order valence-electron chi connectivity index (χ0n) is 14.6. The largest absolute Gasteiger partial charge is 0.337 e. The number of benzene rings is 1. The van der Waals surface area contributed by atoms with E-state index in [0.29, 0.717) is 42.7 Å². The number of carbonyl (C=O) groups is 1. The van der Waals surface area contributed by atoms with Gasteiger partial charge in [-0.2, -0.15) is 0 Å². The van der Waals surface area contributed by atoms with E-state index in [0.717, 1.165) is 11.3 Å². The number of pyridine rings is 1. The van der Waals surface area contributed by atoms with Crippen LogP contribution in [0.1, 0.15) is 10.4 Å². The number of aromatic nitrogens is 3. The number of piperazine rings is 1. The van der Waals surface area contributed by atoms with Gasteiger partial charge in [0.1, 0.15) is 0 Å². The Balaban J connectivity index is 1.41. The second-order valence-electron chi connectivity index (χ2n) is 6.27. The topological polar surface area (TPSA) is 62.2 Å². The molecule has 6 nitrogen and oxygen atoms in total. The number of anilines is 1. The predicted molar refractivity (Wildman–Crippen MR) is 105 cm³/mol. The third-order valence-corrected chi connectivity index (χ3v) is 4.80. The molecule has 136 valence electrons. The summed E-state index contributed by atoms with van der Waals surface area (Å²) in [4.78, 5) is 29.7. The number of nitrogens with zero attached hydrogens (tertiary/aromatic N) is 5. The zero-order valence-corrected chi connectivity index (χ0v) is 15.4. The van der Waals surface area contributed by atoms with Crippen LogP contribution in [0.25, 0.3) is 11.3 Å². The van der Waals surface area contributed by atoms with Gasteiger partial charge in [-0.05, 0) is 30.3 Å². The van der Waals surface area contributed by atoms with Gasteiger partial charge in [-0.25, -0.2) is 9.97 Å². The van der Waals surface area contributed by atoms with Crippen LogP contribution in [0.4, 0.5) is 5.95 Å². The van der Waals surface area contributed by atoms with Crippen LogP contribution in [0.15, 0.2) is 61.1 Å². The van der Waals surface area contributed by atoms with Crippen LogP contribution >= 0.6 is 11.6 Å². The number of hydrogen-bond donors (Lipinski definition) is 0. The Labute approximate surface area is 162 Å². The summed E-state index contributed by atoms with van der Waals surface area (Å²) in [6, 6.07) is 13.0. The molecule has 1 amide bonds. The van der Waals surface area contributed by atoms with Crippen molar-refractivity contribution in [2.24, 2.45) is 0 Å². The fraction of sp³-hybridized carbons (Fsp3) is 0.200. The number of hydrogen-bond acceptors (Lipinski definition) is 5. The van der Waals surface area contributed by atoms with Crippen molar-refractivity contribution in [3.8, 4) is 11.3 Å². The number of amides is 1. The van der Waals surface area contributed by atoms with Gasteiger partial charge in [0.2, 0.25) is 5.95 Å². The van der Waals surface area contributed by atoms with Gasteiger partial charge in [0.25, 0.3) is 5.91 Å². The lowest BCUT2D eigenvalue weighted by molar-refractivity contribution is 0.0746. The highest BCUT2D eigenvalue weighted by Gasteiger charge is 2.23. The quantitative estimate of drug-likeness (QED) is 0.699. The second-order valence-corrected chi connectivity index (χ2v) is 6.70. The summed E-state index contributed by atoms with van der Waals surface area (Å²) in [5.41, 5.74) is 2.38. The maximum Gasteiger partial charge on any atom is 0.255 e. The van der Waals surface area contributed by atoms with E-state index in [1.165, 1.54) is 0 Å². The zero-order chi connectivity index (χ0) is 18.6. The molecule has 1 aliphatic heterocycles. The second kappa shape index (κ2) is 7.72. The van der Waals surface area contributed by atoms with Gasteiger partial charge in [0.15, 0.2) is 0 Å². The van der Waals surface area contributed by atoms with E-state index in [1.54, 1.807) is 24.7 Å². The molecule has 0 radical (unpaired) electrons. The lowest BCUT2D eigenvalue weighted by Gasteiger charge is -2.34. The average molecular weight is 380 g/mol. The fourth-order valence-electron chi connectivity index (χ4n) is 3.06. The van der Waals surface area contributed by atoms with Gasteiger partial charge in [-0.3, -0.25) is 9.78 Å². The molecule has 0 atom stereocenters. The van der Waals surface area contributed by atoms with Crippen molar-refractivity contribution in [2.75, 3.05) is 31.1 Å². The molecule has 4 rings (SSSR count). The minimum absolute atomic E-state index is 0.00112. The van der Waals surface area contributed by atoms with Crippen LogP contribution in [0, 0.1) is 0 Å². The van der Waals surface area contributed by atoms with Gasteiger partial charge in [-0.15, -0.1) is 0 Å². The number of halogens is 1. The van der Waals surface area contributed by atoms with Crippen LogP contribution in [0.5, 0.6) is 0 Å². The van der Waals surface area contributed by atoms with E-state index in [4.69, 9.17) is 11.6 Å².